The molecular weight excluding hydrogens is 352 g/mol. The lowest BCUT2D eigenvalue weighted by molar-refractivity contribution is 0.340. The minimum Gasteiger partial charge on any atom is -0.497 e. The molecule has 2 aromatic carbocycles. The highest BCUT2D eigenvalue weighted by molar-refractivity contribution is 9.10. The Kier molecular flexibility index (Phi) is 5.95. The van der Waals surface area contributed by atoms with Crippen LogP contribution >= 0.6 is 27.5 Å². The molecule has 0 aromatic heterocycles. The summed E-state index contributed by atoms with van der Waals surface area (Å²) >= 11 is 10.1. The van der Waals surface area contributed by atoms with E-state index < -0.39 is 0 Å². The van der Waals surface area contributed by atoms with Crippen molar-refractivity contribution in [2.75, 3.05) is 13.7 Å². The zero-order chi connectivity index (χ0) is 15.2. The van der Waals surface area contributed by atoms with Gasteiger partial charge in [-0.15, -0.1) is 11.6 Å². The summed E-state index contributed by atoms with van der Waals surface area (Å²) in [6.07, 6.45) is 0.741. The molecule has 2 rings (SSSR count). The maximum Gasteiger partial charge on any atom is 0.120 e. The van der Waals surface area contributed by atoms with E-state index in [2.05, 4.69) is 22.0 Å². The standard InChI is InChI=1S/C17H18BrClO2/c1-3-21-14-7-8-15(16(18)11-14)17(19)10-12-5-4-6-13(9-12)20-2/h4-9,11,17H,3,10H2,1-2H3. The first-order valence-electron chi connectivity index (χ1n) is 6.83. The summed E-state index contributed by atoms with van der Waals surface area (Å²) in [7, 11) is 1.67. The molecule has 0 spiro atoms. The molecule has 0 N–H and O–H groups in total. The van der Waals surface area contributed by atoms with E-state index in [1.807, 2.05) is 43.3 Å². The molecule has 0 aliphatic rings. The molecule has 2 nitrogen and oxygen atoms in total. The number of methoxy groups -OCH3 is 1. The zero-order valence-corrected chi connectivity index (χ0v) is 14.4. The molecular formula is C17H18BrClO2. The van der Waals surface area contributed by atoms with Gasteiger partial charge in [-0.25, -0.2) is 0 Å². The topological polar surface area (TPSA) is 18.5 Å². The molecule has 0 fully saturated rings. The maximum atomic E-state index is 6.56. The summed E-state index contributed by atoms with van der Waals surface area (Å²) in [6.45, 7) is 2.62. The first kappa shape index (κ1) is 16.2. The van der Waals surface area contributed by atoms with E-state index in [9.17, 15) is 0 Å². The van der Waals surface area contributed by atoms with Gasteiger partial charge >= 0.3 is 0 Å². The smallest absolute Gasteiger partial charge is 0.120 e. The van der Waals surface area contributed by atoms with Crippen LogP contribution in [0.1, 0.15) is 23.4 Å². The van der Waals surface area contributed by atoms with Gasteiger partial charge in [-0.05, 0) is 48.7 Å². The van der Waals surface area contributed by atoms with Crippen molar-refractivity contribution in [3.63, 3.8) is 0 Å². The summed E-state index contributed by atoms with van der Waals surface area (Å²) in [5.41, 5.74) is 2.21. The number of ether oxygens (including phenoxy) is 2. The summed E-state index contributed by atoms with van der Waals surface area (Å²) in [6, 6.07) is 13.9. The first-order valence-corrected chi connectivity index (χ1v) is 8.06. The predicted molar refractivity (Wildman–Crippen MR) is 90.6 cm³/mol. The Balaban J connectivity index is 2.14. The molecule has 21 heavy (non-hydrogen) atoms. The van der Waals surface area contributed by atoms with Crippen LogP contribution in [0.5, 0.6) is 11.5 Å². The van der Waals surface area contributed by atoms with Crippen molar-refractivity contribution in [2.45, 2.75) is 18.7 Å². The molecule has 4 heteroatoms. The molecule has 1 atom stereocenters. The lowest BCUT2D eigenvalue weighted by Gasteiger charge is -2.14. The Morgan fingerprint density at radius 1 is 1.14 bits per heavy atom. The lowest BCUT2D eigenvalue weighted by Crippen LogP contribution is -1.99. The third kappa shape index (κ3) is 4.39. The van der Waals surface area contributed by atoms with Crippen LogP contribution in [0.25, 0.3) is 0 Å². The Hall–Kier alpha value is -1.19. The van der Waals surface area contributed by atoms with E-state index in [0.717, 1.165) is 33.5 Å². The molecule has 1 unspecified atom stereocenters. The zero-order valence-electron chi connectivity index (χ0n) is 12.1. The third-order valence-electron chi connectivity index (χ3n) is 3.17. The maximum absolute atomic E-state index is 6.56. The predicted octanol–water partition coefficient (Wildman–Crippen LogP) is 5.38. The number of hydrogen-bond acceptors (Lipinski definition) is 2. The van der Waals surface area contributed by atoms with Crippen LogP contribution in [0.3, 0.4) is 0 Å². The SMILES string of the molecule is CCOc1ccc(C(Cl)Cc2cccc(OC)c2)c(Br)c1. The van der Waals surface area contributed by atoms with E-state index in [4.69, 9.17) is 21.1 Å². The number of hydrogen-bond donors (Lipinski definition) is 0. The number of alkyl halides is 1. The van der Waals surface area contributed by atoms with Gasteiger partial charge in [-0.2, -0.15) is 0 Å². The van der Waals surface area contributed by atoms with Crippen molar-refractivity contribution in [2.24, 2.45) is 0 Å². The van der Waals surface area contributed by atoms with Gasteiger partial charge in [0.2, 0.25) is 0 Å². The van der Waals surface area contributed by atoms with Crippen molar-refractivity contribution in [3.05, 3.63) is 58.1 Å². The monoisotopic (exact) mass is 368 g/mol. The molecule has 0 bridgehead atoms. The molecule has 0 aliphatic heterocycles. The van der Waals surface area contributed by atoms with E-state index in [0.29, 0.717) is 6.61 Å². The van der Waals surface area contributed by atoms with Crippen LogP contribution in [0, 0.1) is 0 Å². The molecule has 0 saturated carbocycles. The molecule has 0 radical (unpaired) electrons. The summed E-state index contributed by atoms with van der Waals surface area (Å²) in [5.74, 6) is 1.69. The highest BCUT2D eigenvalue weighted by Crippen LogP contribution is 2.33. The second-order valence-electron chi connectivity index (χ2n) is 4.64. The minimum absolute atomic E-state index is 0.109. The lowest BCUT2D eigenvalue weighted by atomic mass is 10.0. The molecule has 0 aliphatic carbocycles. The molecule has 2 aromatic rings. The fourth-order valence-corrected chi connectivity index (χ4v) is 3.27. The summed E-state index contributed by atoms with van der Waals surface area (Å²) in [4.78, 5) is 0. The van der Waals surface area contributed by atoms with Gasteiger partial charge in [0.25, 0.3) is 0 Å². The average Bonchev–Trinajstić information content (AvgIpc) is 2.47. The fraction of sp³-hybridized carbons (Fsp3) is 0.294. The van der Waals surface area contributed by atoms with Crippen molar-refractivity contribution >= 4 is 27.5 Å². The molecule has 0 saturated heterocycles. The Bertz CT molecular complexity index is 601. The van der Waals surface area contributed by atoms with Gasteiger partial charge in [-0.3, -0.25) is 0 Å². The third-order valence-corrected chi connectivity index (χ3v) is 4.25. The van der Waals surface area contributed by atoms with E-state index in [-0.39, 0.29) is 5.38 Å². The highest BCUT2D eigenvalue weighted by atomic mass is 79.9. The quantitative estimate of drug-likeness (QED) is 0.636. The summed E-state index contributed by atoms with van der Waals surface area (Å²) in [5, 5.41) is -0.109. The van der Waals surface area contributed by atoms with Crippen LogP contribution < -0.4 is 9.47 Å². The molecule has 0 heterocycles. The van der Waals surface area contributed by atoms with Gasteiger partial charge < -0.3 is 9.47 Å². The second-order valence-corrected chi connectivity index (χ2v) is 6.02. The van der Waals surface area contributed by atoms with Crippen LogP contribution in [0.15, 0.2) is 46.9 Å². The van der Waals surface area contributed by atoms with Crippen LogP contribution in [0.4, 0.5) is 0 Å². The van der Waals surface area contributed by atoms with Crippen LogP contribution in [-0.2, 0) is 6.42 Å². The Labute approximate surface area is 139 Å². The van der Waals surface area contributed by atoms with Gasteiger partial charge in [0.15, 0.2) is 0 Å². The first-order chi connectivity index (χ1) is 10.1. The Morgan fingerprint density at radius 2 is 1.95 bits per heavy atom. The summed E-state index contributed by atoms with van der Waals surface area (Å²) < 4.78 is 11.7. The number of halogens is 2. The normalized spacial score (nSPS) is 12.0. The largest absolute Gasteiger partial charge is 0.497 e. The van der Waals surface area contributed by atoms with Crippen molar-refractivity contribution in [1.29, 1.82) is 0 Å². The van der Waals surface area contributed by atoms with Crippen molar-refractivity contribution < 1.29 is 9.47 Å². The van der Waals surface area contributed by atoms with E-state index in [1.54, 1.807) is 7.11 Å². The van der Waals surface area contributed by atoms with E-state index in [1.165, 1.54) is 0 Å². The van der Waals surface area contributed by atoms with Crippen LogP contribution in [-0.4, -0.2) is 13.7 Å². The second kappa shape index (κ2) is 7.71. The average molecular weight is 370 g/mol. The molecule has 112 valence electrons. The van der Waals surface area contributed by atoms with Gasteiger partial charge in [0.05, 0.1) is 19.1 Å². The van der Waals surface area contributed by atoms with E-state index >= 15 is 0 Å². The number of benzene rings is 2. The van der Waals surface area contributed by atoms with Gasteiger partial charge in [-0.1, -0.05) is 34.1 Å². The Morgan fingerprint density at radius 3 is 2.62 bits per heavy atom. The number of rotatable bonds is 6. The van der Waals surface area contributed by atoms with Gasteiger partial charge in [0, 0.05) is 4.47 Å². The fourth-order valence-electron chi connectivity index (χ4n) is 2.13. The minimum atomic E-state index is -0.109. The molecule has 0 amide bonds. The van der Waals surface area contributed by atoms with Crippen LogP contribution in [0.2, 0.25) is 0 Å². The van der Waals surface area contributed by atoms with Crippen molar-refractivity contribution in [1.82, 2.24) is 0 Å². The van der Waals surface area contributed by atoms with Crippen molar-refractivity contribution in [3.8, 4) is 11.5 Å². The highest BCUT2D eigenvalue weighted by Gasteiger charge is 2.13. The van der Waals surface area contributed by atoms with Gasteiger partial charge in [0.1, 0.15) is 11.5 Å².